The van der Waals surface area contributed by atoms with Crippen LogP contribution in [-0.2, 0) is 6.54 Å². The Labute approximate surface area is 145 Å². The molecule has 0 fully saturated rings. The van der Waals surface area contributed by atoms with Crippen molar-refractivity contribution < 1.29 is 19.2 Å². The topological polar surface area (TPSA) is 75.8 Å². The highest BCUT2D eigenvalue weighted by molar-refractivity contribution is 5.99. The van der Waals surface area contributed by atoms with Crippen molar-refractivity contribution >= 4 is 11.8 Å². The minimum Gasteiger partial charge on any atom is -0.497 e. The van der Waals surface area contributed by atoms with Gasteiger partial charge in [0, 0.05) is 19.2 Å². The van der Waals surface area contributed by atoms with Crippen LogP contribution >= 0.6 is 0 Å². The maximum atomic E-state index is 11.8. The van der Waals surface area contributed by atoms with Crippen LogP contribution < -0.4 is 9.64 Å². The fourth-order valence-corrected chi connectivity index (χ4v) is 2.64. The van der Waals surface area contributed by atoms with Crippen LogP contribution in [0.5, 0.6) is 5.75 Å². The molecule has 1 N–H and O–H groups in total. The summed E-state index contributed by atoms with van der Waals surface area (Å²) in [5.74, 6) is 0.205. The Bertz CT molecular complexity index is 874. The average molecular weight is 338 g/mol. The number of methoxy groups -OCH3 is 1. The number of aromatic carboxylic acids is 1. The monoisotopic (exact) mass is 338 g/mol. The first-order valence-electron chi connectivity index (χ1n) is 7.72. The molecular formula is C19H18N2O4. The summed E-state index contributed by atoms with van der Waals surface area (Å²) in [5, 5.41) is 13.6. The fraction of sp³-hybridized carbons (Fsp3) is 0.158. The van der Waals surface area contributed by atoms with Crippen LogP contribution in [0.15, 0.2) is 59.1 Å². The lowest BCUT2D eigenvalue weighted by molar-refractivity contribution is 0.0698. The van der Waals surface area contributed by atoms with E-state index in [-0.39, 0.29) is 17.1 Å². The minimum atomic E-state index is -1.08. The third kappa shape index (κ3) is 3.47. The van der Waals surface area contributed by atoms with Crippen molar-refractivity contribution in [3.63, 3.8) is 0 Å². The number of aromatic nitrogens is 1. The Morgan fingerprint density at radius 2 is 1.96 bits per heavy atom. The number of nitrogens with zero attached hydrogens (tertiary/aromatic N) is 2. The predicted octanol–water partition coefficient (Wildman–Crippen LogP) is 3.68. The fourth-order valence-electron chi connectivity index (χ4n) is 2.64. The third-order valence-corrected chi connectivity index (χ3v) is 3.84. The van der Waals surface area contributed by atoms with E-state index in [0.29, 0.717) is 12.1 Å². The van der Waals surface area contributed by atoms with Crippen LogP contribution in [0.25, 0.3) is 11.3 Å². The highest BCUT2D eigenvalue weighted by Crippen LogP contribution is 2.31. The number of carbonyl (C=O) groups is 1. The van der Waals surface area contributed by atoms with Crippen LogP contribution in [0.1, 0.15) is 15.9 Å². The van der Waals surface area contributed by atoms with E-state index in [9.17, 15) is 9.90 Å². The molecule has 6 heteroatoms. The van der Waals surface area contributed by atoms with Crippen LogP contribution in [0.4, 0.5) is 5.82 Å². The van der Waals surface area contributed by atoms with Gasteiger partial charge in [-0.2, -0.15) is 0 Å². The summed E-state index contributed by atoms with van der Waals surface area (Å²) in [4.78, 5) is 13.5. The van der Waals surface area contributed by atoms with Gasteiger partial charge in [-0.15, -0.1) is 0 Å². The molecule has 3 aromatic rings. The van der Waals surface area contributed by atoms with Gasteiger partial charge in [-0.25, -0.2) is 4.79 Å². The van der Waals surface area contributed by atoms with Crippen molar-refractivity contribution in [2.75, 3.05) is 19.1 Å². The molecule has 0 saturated carbocycles. The molecule has 1 heterocycles. The van der Waals surface area contributed by atoms with E-state index in [1.54, 1.807) is 31.2 Å². The lowest BCUT2D eigenvalue weighted by Gasteiger charge is -2.17. The van der Waals surface area contributed by atoms with Crippen LogP contribution in [0.2, 0.25) is 0 Å². The molecule has 0 spiro atoms. The molecular weight excluding hydrogens is 320 g/mol. The Balaban J connectivity index is 1.94. The van der Waals surface area contributed by atoms with Gasteiger partial charge in [0.25, 0.3) is 0 Å². The number of hydrogen-bond acceptors (Lipinski definition) is 5. The number of rotatable bonds is 6. The number of hydrogen-bond donors (Lipinski definition) is 1. The SMILES string of the molecule is COc1cccc(CN(C)c2noc(-c3ccccc3)c2C(=O)O)c1. The maximum Gasteiger partial charge on any atom is 0.343 e. The van der Waals surface area contributed by atoms with E-state index in [0.717, 1.165) is 11.3 Å². The number of benzene rings is 2. The summed E-state index contributed by atoms with van der Waals surface area (Å²) in [5.41, 5.74) is 1.70. The molecule has 0 amide bonds. The summed E-state index contributed by atoms with van der Waals surface area (Å²) in [6.45, 7) is 0.470. The zero-order chi connectivity index (χ0) is 17.8. The molecule has 0 aliphatic heterocycles. The predicted molar refractivity (Wildman–Crippen MR) is 94.0 cm³/mol. The standard InChI is InChI=1S/C19H18N2O4/c1-21(12-13-7-6-10-15(11-13)24-2)18-16(19(22)23)17(25-20-18)14-8-4-3-5-9-14/h3-11H,12H2,1-2H3,(H,22,23). The largest absolute Gasteiger partial charge is 0.497 e. The van der Waals surface area contributed by atoms with Gasteiger partial charge in [0.2, 0.25) is 0 Å². The van der Waals surface area contributed by atoms with Crippen LogP contribution in [0, 0.1) is 0 Å². The summed E-state index contributed by atoms with van der Waals surface area (Å²) in [7, 11) is 3.38. The molecule has 128 valence electrons. The third-order valence-electron chi connectivity index (χ3n) is 3.84. The van der Waals surface area contributed by atoms with Gasteiger partial charge in [0.05, 0.1) is 7.11 Å². The normalized spacial score (nSPS) is 10.5. The number of carboxylic acids is 1. The lowest BCUT2D eigenvalue weighted by atomic mass is 10.1. The number of anilines is 1. The Kier molecular flexibility index (Phi) is 4.70. The number of carboxylic acid groups (broad SMARTS) is 1. The molecule has 2 aromatic carbocycles. The first-order chi connectivity index (χ1) is 12.1. The van der Waals surface area contributed by atoms with Gasteiger partial charge >= 0.3 is 5.97 Å². The molecule has 3 rings (SSSR count). The van der Waals surface area contributed by atoms with Crippen molar-refractivity contribution in [1.82, 2.24) is 5.16 Å². The molecule has 0 unspecified atom stereocenters. The summed E-state index contributed by atoms with van der Waals surface area (Å²) < 4.78 is 10.6. The van der Waals surface area contributed by atoms with E-state index in [4.69, 9.17) is 9.26 Å². The molecule has 1 aromatic heterocycles. The second-order valence-electron chi connectivity index (χ2n) is 5.59. The average Bonchev–Trinajstić information content (AvgIpc) is 3.08. The van der Waals surface area contributed by atoms with E-state index < -0.39 is 5.97 Å². The summed E-state index contributed by atoms with van der Waals surface area (Å²) >= 11 is 0. The van der Waals surface area contributed by atoms with Gasteiger partial charge in [-0.1, -0.05) is 47.6 Å². The zero-order valence-corrected chi connectivity index (χ0v) is 14.0. The van der Waals surface area contributed by atoms with Gasteiger partial charge in [0.15, 0.2) is 17.1 Å². The van der Waals surface area contributed by atoms with Crippen LogP contribution in [-0.4, -0.2) is 30.4 Å². The van der Waals surface area contributed by atoms with E-state index in [2.05, 4.69) is 5.16 Å². The molecule has 0 atom stereocenters. The first-order valence-corrected chi connectivity index (χ1v) is 7.72. The van der Waals surface area contributed by atoms with Gasteiger partial charge < -0.3 is 19.3 Å². The molecule has 0 radical (unpaired) electrons. The Hall–Kier alpha value is -3.28. The van der Waals surface area contributed by atoms with E-state index in [1.165, 1.54) is 0 Å². The van der Waals surface area contributed by atoms with Crippen molar-refractivity contribution in [2.45, 2.75) is 6.54 Å². The van der Waals surface area contributed by atoms with Crippen LogP contribution in [0.3, 0.4) is 0 Å². The van der Waals surface area contributed by atoms with Crippen molar-refractivity contribution in [2.24, 2.45) is 0 Å². The lowest BCUT2D eigenvalue weighted by Crippen LogP contribution is -2.19. The minimum absolute atomic E-state index is 0.0524. The highest BCUT2D eigenvalue weighted by Gasteiger charge is 2.26. The second-order valence-corrected chi connectivity index (χ2v) is 5.59. The highest BCUT2D eigenvalue weighted by atomic mass is 16.5. The molecule has 0 aliphatic rings. The van der Waals surface area contributed by atoms with Gasteiger partial charge in [-0.05, 0) is 17.7 Å². The maximum absolute atomic E-state index is 11.8. The van der Waals surface area contributed by atoms with Crippen molar-refractivity contribution in [3.8, 4) is 17.1 Å². The zero-order valence-electron chi connectivity index (χ0n) is 14.0. The quantitative estimate of drug-likeness (QED) is 0.739. The Morgan fingerprint density at radius 3 is 2.64 bits per heavy atom. The smallest absolute Gasteiger partial charge is 0.343 e. The molecule has 6 nitrogen and oxygen atoms in total. The summed E-state index contributed by atoms with van der Waals surface area (Å²) in [6, 6.07) is 16.7. The molecule has 0 bridgehead atoms. The molecule has 0 saturated heterocycles. The van der Waals surface area contributed by atoms with Crippen molar-refractivity contribution in [1.29, 1.82) is 0 Å². The first kappa shape index (κ1) is 16.6. The van der Waals surface area contributed by atoms with E-state index in [1.807, 2.05) is 42.5 Å². The van der Waals surface area contributed by atoms with Gasteiger partial charge in [-0.3, -0.25) is 0 Å². The van der Waals surface area contributed by atoms with E-state index >= 15 is 0 Å². The molecule has 25 heavy (non-hydrogen) atoms. The van der Waals surface area contributed by atoms with Crippen molar-refractivity contribution in [3.05, 3.63) is 65.7 Å². The molecule has 0 aliphatic carbocycles. The van der Waals surface area contributed by atoms with Gasteiger partial charge in [0.1, 0.15) is 5.75 Å². The number of ether oxygens (including phenoxy) is 1. The summed E-state index contributed by atoms with van der Waals surface area (Å²) in [6.07, 6.45) is 0. The second kappa shape index (κ2) is 7.09. The Morgan fingerprint density at radius 1 is 1.20 bits per heavy atom.